The summed E-state index contributed by atoms with van der Waals surface area (Å²) in [4.78, 5) is 6.95. The maximum atomic E-state index is 5.70. The molecule has 6 nitrogen and oxygen atoms in total. The summed E-state index contributed by atoms with van der Waals surface area (Å²) in [6.45, 7) is 5.41. The number of rotatable bonds is 3. The molecule has 0 aliphatic carbocycles. The zero-order valence-electron chi connectivity index (χ0n) is 14.2. The Kier molecular flexibility index (Phi) is 3.60. The van der Waals surface area contributed by atoms with Gasteiger partial charge in [0.05, 0.1) is 16.4 Å². The highest BCUT2D eigenvalue weighted by Gasteiger charge is 2.21. The van der Waals surface area contributed by atoms with Crippen molar-refractivity contribution in [1.29, 1.82) is 0 Å². The molecule has 4 rings (SSSR count). The third-order valence-electron chi connectivity index (χ3n) is 4.46. The SMILES string of the molecule is Cc1nn(C)c2nc(N(C)[C@@H](C)c3ccc4c(c3)OCCO4)sc12. The molecule has 1 aliphatic heterocycles. The molecule has 1 aromatic carbocycles. The molecular weight excluding hydrogens is 324 g/mol. The number of thiazole rings is 1. The smallest absolute Gasteiger partial charge is 0.188 e. The van der Waals surface area contributed by atoms with Crippen LogP contribution in [0.5, 0.6) is 11.5 Å². The first-order valence-corrected chi connectivity index (χ1v) is 8.79. The summed E-state index contributed by atoms with van der Waals surface area (Å²) in [5.74, 6) is 1.64. The van der Waals surface area contributed by atoms with Crippen LogP contribution in [0.4, 0.5) is 5.13 Å². The molecule has 3 heterocycles. The summed E-state index contributed by atoms with van der Waals surface area (Å²) >= 11 is 1.68. The molecule has 2 aromatic heterocycles. The second kappa shape index (κ2) is 5.66. The Morgan fingerprint density at radius 1 is 1.25 bits per heavy atom. The molecule has 126 valence electrons. The number of fused-ring (bicyclic) bond motifs is 2. The zero-order chi connectivity index (χ0) is 16.8. The van der Waals surface area contributed by atoms with Crippen molar-refractivity contribution in [3.05, 3.63) is 29.5 Å². The van der Waals surface area contributed by atoms with Crippen molar-refractivity contribution >= 4 is 26.8 Å². The summed E-state index contributed by atoms with van der Waals surface area (Å²) in [6.07, 6.45) is 0. The van der Waals surface area contributed by atoms with E-state index in [1.165, 1.54) is 5.56 Å². The highest BCUT2D eigenvalue weighted by molar-refractivity contribution is 7.22. The van der Waals surface area contributed by atoms with Crippen molar-refractivity contribution in [3.8, 4) is 11.5 Å². The summed E-state index contributed by atoms with van der Waals surface area (Å²) < 4.78 is 14.3. The first-order chi connectivity index (χ1) is 11.5. The van der Waals surface area contributed by atoms with E-state index >= 15 is 0 Å². The van der Waals surface area contributed by atoms with E-state index in [-0.39, 0.29) is 6.04 Å². The number of hydrogen-bond donors (Lipinski definition) is 0. The second-order valence-corrected chi connectivity index (χ2v) is 7.03. The van der Waals surface area contributed by atoms with E-state index in [9.17, 15) is 0 Å². The standard InChI is InChI=1S/C17H20N4O2S/c1-10-15-16(21(4)19-10)18-17(24-15)20(3)11(2)12-5-6-13-14(9-12)23-8-7-22-13/h5-6,9,11H,7-8H2,1-4H3/t11-/m0/s1. The Hall–Kier alpha value is -2.28. The molecule has 24 heavy (non-hydrogen) atoms. The first kappa shape index (κ1) is 15.3. The molecule has 0 fully saturated rings. The minimum Gasteiger partial charge on any atom is -0.486 e. The van der Waals surface area contributed by atoms with E-state index < -0.39 is 0 Å². The lowest BCUT2D eigenvalue weighted by atomic mass is 10.1. The molecule has 1 aliphatic rings. The molecule has 0 saturated heterocycles. The van der Waals surface area contributed by atoms with Gasteiger partial charge in [0.15, 0.2) is 22.3 Å². The second-order valence-electron chi connectivity index (χ2n) is 6.05. The summed E-state index contributed by atoms with van der Waals surface area (Å²) in [7, 11) is 4.00. The van der Waals surface area contributed by atoms with Gasteiger partial charge in [0.25, 0.3) is 0 Å². The van der Waals surface area contributed by atoms with E-state index in [0.29, 0.717) is 13.2 Å². The Bertz CT molecular complexity index is 867. The fourth-order valence-electron chi connectivity index (χ4n) is 2.93. The summed E-state index contributed by atoms with van der Waals surface area (Å²) in [5.41, 5.74) is 3.14. The van der Waals surface area contributed by atoms with Crippen LogP contribution < -0.4 is 14.4 Å². The molecular formula is C17H20N4O2S. The average Bonchev–Trinajstić information content (AvgIpc) is 3.15. The molecule has 0 spiro atoms. The molecule has 7 heteroatoms. The third-order valence-corrected chi connectivity index (χ3v) is 5.71. The van der Waals surface area contributed by atoms with Gasteiger partial charge < -0.3 is 14.4 Å². The number of aryl methyl sites for hydroxylation is 2. The largest absolute Gasteiger partial charge is 0.486 e. The van der Waals surface area contributed by atoms with Crippen LogP contribution >= 0.6 is 11.3 Å². The first-order valence-electron chi connectivity index (χ1n) is 7.97. The minimum absolute atomic E-state index is 0.176. The Morgan fingerprint density at radius 2 is 2.00 bits per heavy atom. The van der Waals surface area contributed by atoms with Crippen LogP contribution in [-0.2, 0) is 7.05 Å². The quantitative estimate of drug-likeness (QED) is 0.730. The van der Waals surface area contributed by atoms with Gasteiger partial charge in [-0.3, -0.25) is 0 Å². The Morgan fingerprint density at radius 3 is 2.75 bits per heavy atom. The van der Waals surface area contributed by atoms with Crippen molar-refractivity contribution in [2.75, 3.05) is 25.2 Å². The van der Waals surface area contributed by atoms with Gasteiger partial charge in [0, 0.05) is 14.1 Å². The number of ether oxygens (including phenoxy) is 2. The normalized spacial score (nSPS) is 14.8. The van der Waals surface area contributed by atoms with Crippen LogP contribution in [-0.4, -0.2) is 35.0 Å². The Balaban J connectivity index is 1.65. The summed E-state index contributed by atoms with van der Waals surface area (Å²) in [6, 6.07) is 6.32. The Labute approximate surface area is 144 Å². The molecule has 0 amide bonds. The average molecular weight is 344 g/mol. The zero-order valence-corrected chi connectivity index (χ0v) is 15.1. The number of nitrogens with zero attached hydrogens (tertiary/aromatic N) is 4. The maximum Gasteiger partial charge on any atom is 0.188 e. The van der Waals surface area contributed by atoms with Crippen LogP contribution in [0.25, 0.3) is 10.3 Å². The van der Waals surface area contributed by atoms with E-state index in [1.807, 2.05) is 24.7 Å². The van der Waals surface area contributed by atoms with Crippen LogP contribution in [0.2, 0.25) is 0 Å². The molecule has 3 aromatic rings. The maximum absolute atomic E-state index is 5.70. The molecule has 1 atom stereocenters. The van der Waals surface area contributed by atoms with Gasteiger partial charge in [-0.25, -0.2) is 9.67 Å². The molecule has 0 radical (unpaired) electrons. The molecule has 0 saturated carbocycles. The minimum atomic E-state index is 0.176. The monoisotopic (exact) mass is 344 g/mol. The van der Waals surface area contributed by atoms with Crippen LogP contribution in [0.1, 0.15) is 24.2 Å². The van der Waals surface area contributed by atoms with E-state index in [4.69, 9.17) is 14.5 Å². The van der Waals surface area contributed by atoms with Gasteiger partial charge in [-0.15, -0.1) is 0 Å². The van der Waals surface area contributed by atoms with Gasteiger partial charge >= 0.3 is 0 Å². The van der Waals surface area contributed by atoms with Crippen molar-refractivity contribution < 1.29 is 9.47 Å². The van der Waals surface area contributed by atoms with E-state index in [1.54, 1.807) is 11.3 Å². The van der Waals surface area contributed by atoms with E-state index in [2.05, 4.69) is 36.1 Å². The van der Waals surface area contributed by atoms with Gasteiger partial charge in [-0.05, 0) is 31.5 Å². The summed E-state index contributed by atoms with van der Waals surface area (Å²) in [5, 5.41) is 5.41. The van der Waals surface area contributed by atoms with Crippen LogP contribution in [0, 0.1) is 6.92 Å². The number of benzene rings is 1. The predicted molar refractivity (Wildman–Crippen MR) is 95.4 cm³/mol. The lowest BCUT2D eigenvalue weighted by Crippen LogP contribution is -2.22. The van der Waals surface area contributed by atoms with Gasteiger partial charge in [0.2, 0.25) is 0 Å². The molecule has 0 unspecified atom stereocenters. The molecule has 0 N–H and O–H groups in total. The highest BCUT2D eigenvalue weighted by Crippen LogP contribution is 2.37. The van der Waals surface area contributed by atoms with Crippen LogP contribution in [0.15, 0.2) is 18.2 Å². The van der Waals surface area contributed by atoms with Crippen molar-refractivity contribution in [2.24, 2.45) is 7.05 Å². The highest BCUT2D eigenvalue weighted by atomic mass is 32.1. The van der Waals surface area contributed by atoms with Crippen LogP contribution in [0.3, 0.4) is 0 Å². The number of aromatic nitrogens is 3. The van der Waals surface area contributed by atoms with Crippen molar-refractivity contribution in [1.82, 2.24) is 14.8 Å². The van der Waals surface area contributed by atoms with Gasteiger partial charge in [-0.1, -0.05) is 17.4 Å². The van der Waals surface area contributed by atoms with E-state index in [0.717, 1.165) is 32.7 Å². The predicted octanol–water partition coefficient (Wildman–Crippen LogP) is 3.31. The lowest BCUT2D eigenvalue weighted by molar-refractivity contribution is 0.171. The van der Waals surface area contributed by atoms with Crippen molar-refractivity contribution in [2.45, 2.75) is 19.9 Å². The number of anilines is 1. The molecule has 0 bridgehead atoms. The fraction of sp³-hybridized carbons (Fsp3) is 0.412. The van der Waals surface area contributed by atoms with Crippen molar-refractivity contribution in [3.63, 3.8) is 0 Å². The topological polar surface area (TPSA) is 52.4 Å². The lowest BCUT2D eigenvalue weighted by Gasteiger charge is -2.26. The fourth-order valence-corrected chi connectivity index (χ4v) is 4.01. The third kappa shape index (κ3) is 2.39. The van der Waals surface area contributed by atoms with Gasteiger partial charge in [-0.2, -0.15) is 5.10 Å². The number of hydrogen-bond acceptors (Lipinski definition) is 6. The van der Waals surface area contributed by atoms with Gasteiger partial charge in [0.1, 0.15) is 13.2 Å².